The van der Waals surface area contributed by atoms with Crippen LogP contribution in [0, 0.1) is 0 Å². The third-order valence-electron chi connectivity index (χ3n) is 4.46. The second-order valence-electron chi connectivity index (χ2n) is 6.62. The fourth-order valence-corrected chi connectivity index (χ4v) is 2.93. The lowest BCUT2D eigenvalue weighted by molar-refractivity contribution is -0.146. The lowest BCUT2D eigenvalue weighted by Gasteiger charge is -2.13. The maximum absolute atomic E-state index is 13.0. The summed E-state index contributed by atoms with van der Waals surface area (Å²) >= 11 is 0. The molecule has 0 unspecified atom stereocenters. The van der Waals surface area contributed by atoms with Crippen LogP contribution in [0.3, 0.4) is 0 Å². The van der Waals surface area contributed by atoms with Crippen molar-refractivity contribution in [3.05, 3.63) is 77.6 Å². The Morgan fingerprint density at radius 1 is 0.935 bits per heavy atom. The summed E-state index contributed by atoms with van der Waals surface area (Å²) in [6, 6.07) is 18.1. The van der Waals surface area contributed by atoms with Gasteiger partial charge in [-0.25, -0.2) is 0 Å². The minimum atomic E-state index is -4.64. The zero-order chi connectivity index (χ0) is 21.8. The first-order valence-corrected chi connectivity index (χ1v) is 9.31. The van der Waals surface area contributed by atoms with Crippen molar-refractivity contribution in [2.45, 2.75) is 19.3 Å². The van der Waals surface area contributed by atoms with E-state index >= 15 is 0 Å². The van der Waals surface area contributed by atoms with Crippen LogP contribution >= 0.6 is 0 Å². The van der Waals surface area contributed by atoms with Crippen LogP contribution in [0.15, 0.2) is 60.7 Å². The Balaban J connectivity index is 1.46. The van der Waals surface area contributed by atoms with Crippen molar-refractivity contribution in [1.82, 2.24) is 19.8 Å². The van der Waals surface area contributed by atoms with Gasteiger partial charge in [-0.3, -0.25) is 0 Å². The van der Waals surface area contributed by atoms with E-state index in [-0.39, 0.29) is 11.5 Å². The molecular formula is C21H18F3N5O2. The lowest BCUT2D eigenvalue weighted by atomic mass is 10.2. The standard InChI is InChI=1S/C21H18F3N5O2/c1-30-17-11-15(7-8-16(17)31-13-14-5-3-2-4-6-14)12-25-18-9-10-19-26-27-20(21(22,23)24)29(19)28-18/h2-11H,12-13H2,1H3,(H,25,28). The first-order chi connectivity index (χ1) is 14.9. The van der Waals surface area contributed by atoms with Gasteiger partial charge >= 0.3 is 6.18 Å². The highest BCUT2D eigenvalue weighted by Crippen LogP contribution is 2.30. The summed E-state index contributed by atoms with van der Waals surface area (Å²) in [7, 11) is 1.54. The van der Waals surface area contributed by atoms with E-state index in [1.54, 1.807) is 25.3 Å². The molecule has 10 heteroatoms. The van der Waals surface area contributed by atoms with Crippen molar-refractivity contribution in [3.8, 4) is 11.5 Å². The van der Waals surface area contributed by atoms with E-state index in [0.717, 1.165) is 11.1 Å². The van der Waals surface area contributed by atoms with Gasteiger partial charge in [0.2, 0.25) is 0 Å². The first-order valence-electron chi connectivity index (χ1n) is 9.31. The van der Waals surface area contributed by atoms with Crippen molar-refractivity contribution < 1.29 is 22.6 Å². The number of anilines is 1. The van der Waals surface area contributed by atoms with Crippen LogP contribution in [-0.2, 0) is 19.3 Å². The second-order valence-corrected chi connectivity index (χ2v) is 6.62. The fourth-order valence-electron chi connectivity index (χ4n) is 2.93. The number of benzene rings is 2. The van der Waals surface area contributed by atoms with Gasteiger partial charge in [0.15, 0.2) is 17.1 Å². The number of nitrogens with one attached hydrogen (secondary N) is 1. The quantitative estimate of drug-likeness (QED) is 0.471. The summed E-state index contributed by atoms with van der Waals surface area (Å²) in [5, 5.41) is 13.6. The van der Waals surface area contributed by atoms with E-state index in [4.69, 9.17) is 9.47 Å². The Hall–Kier alpha value is -3.82. The van der Waals surface area contributed by atoms with Crippen molar-refractivity contribution >= 4 is 11.5 Å². The summed E-state index contributed by atoms with van der Waals surface area (Å²) in [4.78, 5) is 0. The summed E-state index contributed by atoms with van der Waals surface area (Å²) < 4.78 is 51.0. The Labute approximate surface area is 175 Å². The molecule has 0 radical (unpaired) electrons. The number of ether oxygens (including phenoxy) is 2. The molecule has 2 aromatic carbocycles. The molecule has 0 amide bonds. The van der Waals surface area contributed by atoms with Gasteiger partial charge in [0, 0.05) is 6.54 Å². The second kappa shape index (κ2) is 8.50. The highest BCUT2D eigenvalue weighted by molar-refractivity contribution is 5.47. The average molecular weight is 429 g/mol. The summed E-state index contributed by atoms with van der Waals surface area (Å²) in [6.45, 7) is 0.719. The third-order valence-corrected chi connectivity index (χ3v) is 4.46. The Morgan fingerprint density at radius 3 is 2.48 bits per heavy atom. The van der Waals surface area contributed by atoms with Gasteiger partial charge in [-0.15, -0.1) is 15.3 Å². The number of alkyl halides is 3. The highest BCUT2D eigenvalue weighted by Gasteiger charge is 2.37. The van der Waals surface area contributed by atoms with Crippen molar-refractivity contribution in [1.29, 1.82) is 0 Å². The van der Waals surface area contributed by atoms with E-state index in [2.05, 4.69) is 20.6 Å². The van der Waals surface area contributed by atoms with Gasteiger partial charge in [-0.1, -0.05) is 36.4 Å². The summed E-state index contributed by atoms with van der Waals surface area (Å²) in [6.07, 6.45) is -4.64. The normalized spacial score (nSPS) is 11.5. The number of fused-ring (bicyclic) bond motifs is 1. The van der Waals surface area contributed by atoms with Crippen LogP contribution in [-0.4, -0.2) is 26.9 Å². The van der Waals surface area contributed by atoms with Gasteiger partial charge in [-0.05, 0) is 35.4 Å². The number of methoxy groups -OCH3 is 1. The maximum atomic E-state index is 13.0. The molecule has 4 rings (SSSR count). The summed E-state index contributed by atoms with van der Waals surface area (Å²) in [5.41, 5.74) is 1.88. The Morgan fingerprint density at radius 2 is 1.74 bits per heavy atom. The van der Waals surface area contributed by atoms with Gasteiger partial charge in [0.05, 0.1) is 7.11 Å². The minimum absolute atomic E-state index is 0.0134. The van der Waals surface area contributed by atoms with Gasteiger partial charge in [0.1, 0.15) is 12.4 Å². The predicted octanol–water partition coefficient (Wildman–Crippen LogP) is 4.34. The third kappa shape index (κ3) is 4.68. The topological polar surface area (TPSA) is 73.6 Å². The number of hydrogen-bond acceptors (Lipinski definition) is 6. The largest absolute Gasteiger partial charge is 0.493 e. The maximum Gasteiger partial charge on any atom is 0.453 e. The van der Waals surface area contributed by atoms with Crippen LogP contribution < -0.4 is 14.8 Å². The van der Waals surface area contributed by atoms with Crippen LogP contribution in [0.2, 0.25) is 0 Å². The molecule has 4 aromatic rings. The van der Waals surface area contributed by atoms with Gasteiger partial charge in [0.25, 0.3) is 5.82 Å². The number of rotatable bonds is 7. The number of aromatic nitrogens is 4. The smallest absolute Gasteiger partial charge is 0.453 e. The van der Waals surface area contributed by atoms with E-state index in [1.165, 1.54) is 6.07 Å². The average Bonchev–Trinajstić information content (AvgIpc) is 3.21. The van der Waals surface area contributed by atoms with Gasteiger partial charge in [-0.2, -0.15) is 17.7 Å². The molecule has 0 aliphatic rings. The van der Waals surface area contributed by atoms with Crippen LogP contribution in [0.5, 0.6) is 11.5 Å². The first kappa shape index (κ1) is 20.5. The zero-order valence-electron chi connectivity index (χ0n) is 16.4. The predicted molar refractivity (Wildman–Crippen MR) is 107 cm³/mol. The van der Waals surface area contributed by atoms with E-state index in [1.807, 2.05) is 36.4 Å². The minimum Gasteiger partial charge on any atom is -0.493 e. The number of nitrogens with zero attached hydrogens (tertiary/aromatic N) is 4. The number of hydrogen-bond donors (Lipinski definition) is 1. The molecule has 0 saturated carbocycles. The molecule has 0 fully saturated rings. The molecule has 31 heavy (non-hydrogen) atoms. The molecule has 2 heterocycles. The molecule has 160 valence electrons. The van der Waals surface area contributed by atoms with Crippen molar-refractivity contribution in [2.24, 2.45) is 0 Å². The van der Waals surface area contributed by atoms with Crippen LogP contribution in [0.1, 0.15) is 17.0 Å². The van der Waals surface area contributed by atoms with E-state index in [0.29, 0.717) is 29.2 Å². The molecular weight excluding hydrogens is 411 g/mol. The molecule has 0 aliphatic carbocycles. The van der Waals surface area contributed by atoms with E-state index < -0.39 is 12.0 Å². The molecule has 0 aliphatic heterocycles. The molecule has 0 saturated heterocycles. The number of halogens is 3. The molecule has 0 atom stereocenters. The van der Waals surface area contributed by atoms with Crippen molar-refractivity contribution in [3.63, 3.8) is 0 Å². The highest BCUT2D eigenvalue weighted by atomic mass is 19.4. The monoisotopic (exact) mass is 429 g/mol. The summed E-state index contributed by atoms with van der Waals surface area (Å²) in [5.74, 6) is 0.222. The molecule has 0 bridgehead atoms. The van der Waals surface area contributed by atoms with Gasteiger partial charge < -0.3 is 14.8 Å². The van der Waals surface area contributed by atoms with Crippen molar-refractivity contribution in [2.75, 3.05) is 12.4 Å². The molecule has 2 aromatic heterocycles. The molecule has 0 spiro atoms. The fraction of sp³-hybridized carbons (Fsp3) is 0.190. The molecule has 7 nitrogen and oxygen atoms in total. The lowest BCUT2D eigenvalue weighted by Crippen LogP contribution is -2.13. The Bertz CT molecular complexity index is 1180. The Kier molecular flexibility index (Phi) is 5.61. The molecule has 1 N–H and O–H groups in total. The van der Waals surface area contributed by atoms with E-state index in [9.17, 15) is 13.2 Å². The van der Waals surface area contributed by atoms with Crippen LogP contribution in [0.25, 0.3) is 5.65 Å². The zero-order valence-corrected chi connectivity index (χ0v) is 16.4. The SMILES string of the molecule is COc1cc(CNc2ccc3nnc(C(F)(F)F)n3n2)ccc1OCc1ccccc1. The van der Waals surface area contributed by atoms with Crippen LogP contribution in [0.4, 0.5) is 19.0 Å².